The molecule has 0 bridgehead atoms. The van der Waals surface area contributed by atoms with E-state index >= 15 is 0 Å². The number of sulfonamides is 2. The summed E-state index contributed by atoms with van der Waals surface area (Å²) in [4.78, 5) is -0.748. The molecular weight excluding hydrogens is 324 g/mol. The van der Waals surface area contributed by atoms with Crippen molar-refractivity contribution in [1.82, 2.24) is 4.31 Å². The van der Waals surface area contributed by atoms with E-state index in [2.05, 4.69) is 0 Å². The first-order valence-electron chi connectivity index (χ1n) is 6.29. The Hall–Kier alpha value is -1.74. The molecule has 0 aliphatic heterocycles. The highest BCUT2D eigenvalue weighted by Gasteiger charge is 2.26. The van der Waals surface area contributed by atoms with Gasteiger partial charge in [0.25, 0.3) is 0 Å². The molecule has 2 aromatic carbocycles. The lowest BCUT2D eigenvalue weighted by Gasteiger charge is -2.15. The largest absolute Gasteiger partial charge is 0.243 e. The van der Waals surface area contributed by atoms with Gasteiger partial charge < -0.3 is 0 Å². The van der Waals surface area contributed by atoms with Crippen LogP contribution in [0.2, 0.25) is 0 Å². The van der Waals surface area contributed by atoms with Crippen molar-refractivity contribution in [1.29, 1.82) is 0 Å². The van der Waals surface area contributed by atoms with E-state index in [1.165, 1.54) is 32.3 Å². The SMILES string of the molecule is CN(C)S(=O)(=O)c1cc(-c2ccccc2)ccc1S(N)(=O)=O. The van der Waals surface area contributed by atoms with Gasteiger partial charge in [0, 0.05) is 14.1 Å². The maximum Gasteiger partial charge on any atom is 0.243 e. The van der Waals surface area contributed by atoms with Crippen molar-refractivity contribution in [3.8, 4) is 11.1 Å². The fourth-order valence-electron chi connectivity index (χ4n) is 1.95. The quantitative estimate of drug-likeness (QED) is 0.905. The van der Waals surface area contributed by atoms with Gasteiger partial charge in [0.2, 0.25) is 20.0 Å². The van der Waals surface area contributed by atoms with Crippen LogP contribution in [0.1, 0.15) is 0 Å². The average molecular weight is 340 g/mol. The molecule has 0 heterocycles. The van der Waals surface area contributed by atoms with Gasteiger partial charge in [-0.3, -0.25) is 0 Å². The van der Waals surface area contributed by atoms with Crippen LogP contribution in [0.3, 0.4) is 0 Å². The molecule has 0 fully saturated rings. The predicted octanol–water partition coefficient (Wildman–Crippen LogP) is 1.25. The van der Waals surface area contributed by atoms with E-state index in [9.17, 15) is 16.8 Å². The zero-order valence-corrected chi connectivity index (χ0v) is 13.7. The molecule has 0 atom stereocenters. The Kier molecular flexibility index (Phi) is 4.39. The lowest BCUT2D eigenvalue weighted by atomic mass is 10.1. The highest BCUT2D eigenvalue weighted by Crippen LogP contribution is 2.28. The van der Waals surface area contributed by atoms with Gasteiger partial charge in [0.05, 0.1) is 0 Å². The third kappa shape index (κ3) is 3.20. The molecule has 0 aromatic heterocycles. The van der Waals surface area contributed by atoms with E-state index in [4.69, 9.17) is 5.14 Å². The van der Waals surface area contributed by atoms with Gasteiger partial charge in [0.15, 0.2) is 0 Å². The number of nitrogens with zero attached hydrogens (tertiary/aromatic N) is 1. The van der Waals surface area contributed by atoms with Gasteiger partial charge in [-0.25, -0.2) is 26.3 Å². The summed E-state index contributed by atoms with van der Waals surface area (Å²) in [6, 6.07) is 13.1. The molecule has 6 nitrogen and oxygen atoms in total. The molecule has 0 amide bonds. The zero-order chi connectivity index (χ0) is 16.5. The van der Waals surface area contributed by atoms with Gasteiger partial charge in [-0.2, -0.15) is 0 Å². The van der Waals surface area contributed by atoms with Crippen LogP contribution in [0.5, 0.6) is 0 Å². The van der Waals surface area contributed by atoms with Crippen molar-refractivity contribution < 1.29 is 16.8 Å². The Labute approximate surface area is 130 Å². The fraction of sp³-hybridized carbons (Fsp3) is 0.143. The van der Waals surface area contributed by atoms with E-state index in [1.807, 2.05) is 18.2 Å². The third-order valence-corrected chi connectivity index (χ3v) is 6.07. The average Bonchev–Trinajstić information content (AvgIpc) is 2.46. The summed E-state index contributed by atoms with van der Waals surface area (Å²) in [5.74, 6) is 0. The minimum atomic E-state index is -4.15. The van der Waals surface area contributed by atoms with E-state index in [0.717, 1.165) is 9.87 Å². The first kappa shape index (κ1) is 16.6. The van der Waals surface area contributed by atoms with E-state index < -0.39 is 24.9 Å². The monoisotopic (exact) mass is 340 g/mol. The minimum Gasteiger partial charge on any atom is -0.225 e. The molecular formula is C14H16N2O4S2. The molecule has 2 N–H and O–H groups in total. The van der Waals surface area contributed by atoms with Crippen molar-refractivity contribution in [2.45, 2.75) is 9.79 Å². The maximum atomic E-state index is 12.4. The molecule has 0 saturated heterocycles. The molecule has 8 heteroatoms. The van der Waals surface area contributed by atoms with Crippen LogP contribution in [-0.4, -0.2) is 35.2 Å². The topological polar surface area (TPSA) is 97.5 Å². The second-order valence-corrected chi connectivity index (χ2v) is 8.51. The summed E-state index contributed by atoms with van der Waals surface area (Å²) >= 11 is 0. The predicted molar refractivity (Wildman–Crippen MR) is 84.1 cm³/mol. The molecule has 2 aromatic rings. The normalized spacial score (nSPS) is 12.5. The van der Waals surface area contributed by atoms with Crippen molar-refractivity contribution in [2.75, 3.05) is 14.1 Å². The van der Waals surface area contributed by atoms with Crippen LogP contribution in [-0.2, 0) is 20.0 Å². The van der Waals surface area contributed by atoms with E-state index in [0.29, 0.717) is 5.56 Å². The first-order chi connectivity index (χ1) is 10.1. The molecule has 22 heavy (non-hydrogen) atoms. The van der Waals surface area contributed by atoms with Crippen LogP contribution < -0.4 is 5.14 Å². The zero-order valence-electron chi connectivity index (χ0n) is 12.1. The number of primary sulfonamides is 1. The fourth-order valence-corrected chi connectivity index (χ4v) is 4.20. The number of rotatable bonds is 4. The lowest BCUT2D eigenvalue weighted by molar-refractivity contribution is 0.517. The van der Waals surface area contributed by atoms with Gasteiger partial charge >= 0.3 is 0 Å². The van der Waals surface area contributed by atoms with Crippen LogP contribution >= 0.6 is 0 Å². The van der Waals surface area contributed by atoms with Crippen molar-refractivity contribution >= 4 is 20.0 Å². The highest BCUT2D eigenvalue weighted by atomic mass is 32.2. The van der Waals surface area contributed by atoms with Crippen LogP contribution in [0, 0.1) is 0 Å². The summed E-state index contributed by atoms with van der Waals surface area (Å²) in [5.41, 5.74) is 1.37. The van der Waals surface area contributed by atoms with E-state index in [-0.39, 0.29) is 4.90 Å². The Morgan fingerprint density at radius 3 is 1.91 bits per heavy atom. The summed E-state index contributed by atoms with van der Waals surface area (Å²) in [6.07, 6.45) is 0. The molecule has 0 unspecified atom stereocenters. The highest BCUT2D eigenvalue weighted by molar-refractivity contribution is 7.92. The number of benzene rings is 2. The Balaban J connectivity index is 2.78. The third-order valence-electron chi connectivity index (χ3n) is 3.12. The minimum absolute atomic E-state index is 0.332. The van der Waals surface area contributed by atoms with Gasteiger partial charge in [-0.05, 0) is 23.3 Å². The molecule has 0 aliphatic rings. The smallest absolute Gasteiger partial charge is 0.225 e. The molecule has 2 rings (SSSR count). The number of nitrogens with two attached hydrogens (primary N) is 1. The summed E-state index contributed by atoms with van der Waals surface area (Å²) in [6.45, 7) is 0. The first-order valence-corrected chi connectivity index (χ1v) is 9.27. The number of hydrogen-bond acceptors (Lipinski definition) is 4. The van der Waals surface area contributed by atoms with Gasteiger partial charge in [0.1, 0.15) is 9.79 Å². The van der Waals surface area contributed by atoms with Crippen LogP contribution in [0.4, 0.5) is 0 Å². The molecule has 118 valence electrons. The lowest BCUT2D eigenvalue weighted by Crippen LogP contribution is -2.25. The van der Waals surface area contributed by atoms with Crippen molar-refractivity contribution in [2.24, 2.45) is 5.14 Å². The second kappa shape index (κ2) is 5.81. The standard InChI is InChI=1S/C14H16N2O4S2/c1-16(2)22(19,20)14-10-12(11-6-4-3-5-7-11)8-9-13(14)21(15,17)18/h3-10H,1-2H3,(H2,15,17,18). The molecule has 0 spiro atoms. The Morgan fingerprint density at radius 2 is 1.41 bits per heavy atom. The molecule has 0 radical (unpaired) electrons. The van der Waals surface area contributed by atoms with Crippen molar-refractivity contribution in [3.63, 3.8) is 0 Å². The second-order valence-electron chi connectivity index (χ2n) is 4.86. The molecule has 0 saturated carbocycles. The van der Waals surface area contributed by atoms with Gasteiger partial charge in [-0.15, -0.1) is 0 Å². The van der Waals surface area contributed by atoms with E-state index in [1.54, 1.807) is 12.1 Å². The number of hydrogen-bond donors (Lipinski definition) is 1. The van der Waals surface area contributed by atoms with Crippen molar-refractivity contribution in [3.05, 3.63) is 48.5 Å². The Bertz CT molecular complexity index is 890. The summed E-state index contributed by atoms with van der Waals surface area (Å²) in [7, 11) is -5.44. The molecule has 0 aliphatic carbocycles. The Morgan fingerprint density at radius 1 is 0.818 bits per heavy atom. The maximum absolute atomic E-state index is 12.4. The van der Waals surface area contributed by atoms with Crippen LogP contribution in [0.15, 0.2) is 58.3 Å². The van der Waals surface area contributed by atoms with Crippen LogP contribution in [0.25, 0.3) is 11.1 Å². The summed E-state index contributed by atoms with van der Waals surface area (Å²) < 4.78 is 49.1. The van der Waals surface area contributed by atoms with Gasteiger partial charge in [-0.1, -0.05) is 36.4 Å². The summed E-state index contributed by atoms with van der Waals surface area (Å²) in [5, 5.41) is 5.13.